The predicted molar refractivity (Wildman–Crippen MR) is 80.7 cm³/mol. The second kappa shape index (κ2) is 7.67. The highest BCUT2D eigenvalue weighted by atomic mass is 19.4. The quantitative estimate of drug-likeness (QED) is 0.154. The fourth-order valence-corrected chi connectivity index (χ4v) is 1.62. The largest absolute Gasteiger partial charge is 0.476 e. The number of alkyl halides is 3. The van der Waals surface area contributed by atoms with Crippen molar-refractivity contribution in [3.8, 4) is 17.6 Å². The van der Waals surface area contributed by atoms with Crippen molar-refractivity contribution in [1.29, 1.82) is 0 Å². The van der Waals surface area contributed by atoms with E-state index in [0.717, 1.165) is 12.1 Å². The number of oxazole rings is 1. The maximum atomic E-state index is 14.0. The Labute approximate surface area is 148 Å². The number of halogens is 4. The first-order chi connectivity index (χ1) is 12.6. The van der Waals surface area contributed by atoms with Gasteiger partial charge in [-0.3, -0.25) is 5.43 Å². The normalized spacial score (nSPS) is 11.9. The van der Waals surface area contributed by atoms with E-state index in [2.05, 4.69) is 21.2 Å². The average Bonchev–Trinajstić information content (AvgIpc) is 3.08. The van der Waals surface area contributed by atoms with Gasteiger partial charge in [0.05, 0.1) is 0 Å². The van der Waals surface area contributed by atoms with Crippen molar-refractivity contribution in [2.45, 2.75) is 6.18 Å². The third kappa shape index (κ3) is 4.89. The van der Waals surface area contributed by atoms with Crippen LogP contribution in [0.5, 0.6) is 5.75 Å². The van der Waals surface area contributed by atoms with Crippen molar-refractivity contribution in [1.82, 2.24) is 10.4 Å². The Balaban J connectivity index is 2.22. The molecule has 0 atom stereocenters. The summed E-state index contributed by atoms with van der Waals surface area (Å²) in [7, 11) is 0. The number of hydrogen-bond acceptors (Lipinski definition) is 7. The van der Waals surface area contributed by atoms with E-state index in [4.69, 9.17) is 21.4 Å². The van der Waals surface area contributed by atoms with Crippen LogP contribution in [0.1, 0.15) is 17.1 Å². The van der Waals surface area contributed by atoms with Gasteiger partial charge in [-0.15, -0.1) is 0 Å². The summed E-state index contributed by atoms with van der Waals surface area (Å²) in [6, 6.07) is 3.23. The molecule has 0 bridgehead atoms. The molecule has 0 amide bonds. The summed E-state index contributed by atoms with van der Waals surface area (Å²) in [5, 5.41) is 8.75. The molecule has 1 aromatic heterocycles. The molecule has 2 rings (SSSR count). The SMILES string of the molecule is NN/C(Oc1ccc(C#Cc2nc(C(F)(F)F)co2)cc1F)=C(\N)C(=O)O. The summed E-state index contributed by atoms with van der Waals surface area (Å²) in [6.45, 7) is 0. The number of aliphatic carboxylic acids is 1. The summed E-state index contributed by atoms with van der Waals surface area (Å²) in [6.07, 6.45) is -4.27. The number of nitrogens with two attached hydrogens (primary N) is 2. The summed E-state index contributed by atoms with van der Waals surface area (Å²) >= 11 is 0. The zero-order valence-electron chi connectivity index (χ0n) is 13.1. The Kier molecular flexibility index (Phi) is 5.57. The first-order valence-corrected chi connectivity index (χ1v) is 6.83. The number of benzene rings is 1. The second-order valence-corrected chi connectivity index (χ2v) is 4.73. The Bertz CT molecular complexity index is 957. The van der Waals surface area contributed by atoms with Gasteiger partial charge in [-0.25, -0.2) is 15.0 Å². The highest BCUT2D eigenvalue weighted by Crippen LogP contribution is 2.28. The van der Waals surface area contributed by atoms with E-state index < -0.39 is 46.9 Å². The fraction of sp³-hybridized carbons (Fsp3) is 0.0667. The van der Waals surface area contributed by atoms with Crippen LogP contribution in [0.25, 0.3) is 0 Å². The lowest BCUT2D eigenvalue weighted by Gasteiger charge is -2.11. The molecule has 0 aliphatic carbocycles. The Morgan fingerprint density at radius 3 is 2.56 bits per heavy atom. The van der Waals surface area contributed by atoms with Crippen LogP contribution < -0.4 is 21.7 Å². The van der Waals surface area contributed by atoms with Gasteiger partial charge in [0.15, 0.2) is 23.0 Å². The van der Waals surface area contributed by atoms with Crippen LogP contribution in [0.3, 0.4) is 0 Å². The number of carboxylic acid groups (broad SMARTS) is 1. The van der Waals surface area contributed by atoms with Crippen molar-refractivity contribution in [3.05, 3.63) is 59.0 Å². The Morgan fingerprint density at radius 2 is 2.04 bits per heavy atom. The molecule has 1 heterocycles. The highest BCUT2D eigenvalue weighted by Gasteiger charge is 2.34. The van der Waals surface area contributed by atoms with Gasteiger partial charge in [0.2, 0.25) is 5.88 Å². The number of aromatic nitrogens is 1. The molecule has 0 aliphatic heterocycles. The van der Waals surface area contributed by atoms with Gasteiger partial charge < -0.3 is 20.0 Å². The summed E-state index contributed by atoms with van der Waals surface area (Å²) in [4.78, 5) is 13.9. The lowest BCUT2D eigenvalue weighted by atomic mass is 10.2. The maximum Gasteiger partial charge on any atom is 0.436 e. The third-order valence-corrected chi connectivity index (χ3v) is 2.86. The van der Waals surface area contributed by atoms with E-state index in [0.29, 0.717) is 6.26 Å². The molecule has 2 aromatic rings. The first kappa shape index (κ1) is 19.6. The van der Waals surface area contributed by atoms with Crippen molar-refractivity contribution in [2.75, 3.05) is 0 Å². The Hall–Kier alpha value is -3.72. The first-order valence-electron chi connectivity index (χ1n) is 6.83. The molecular weight excluding hydrogens is 376 g/mol. The molecule has 0 fully saturated rings. The highest BCUT2D eigenvalue weighted by molar-refractivity contribution is 5.85. The van der Waals surface area contributed by atoms with E-state index in [1.807, 2.05) is 5.43 Å². The van der Waals surface area contributed by atoms with Crippen LogP contribution in [0.2, 0.25) is 0 Å². The van der Waals surface area contributed by atoms with Gasteiger partial charge in [-0.2, -0.15) is 18.2 Å². The molecule has 0 saturated carbocycles. The minimum atomic E-state index is -4.67. The smallest absolute Gasteiger partial charge is 0.436 e. The number of hydrazine groups is 1. The minimum Gasteiger partial charge on any atom is -0.476 e. The molecule has 6 N–H and O–H groups in total. The minimum absolute atomic E-state index is 0.0593. The fourth-order valence-electron chi connectivity index (χ4n) is 1.62. The van der Waals surface area contributed by atoms with Crippen LogP contribution in [-0.4, -0.2) is 16.1 Å². The lowest BCUT2D eigenvalue weighted by Crippen LogP contribution is -2.31. The number of hydrogen-bond donors (Lipinski definition) is 4. The van der Waals surface area contributed by atoms with E-state index in [-0.39, 0.29) is 5.56 Å². The maximum absolute atomic E-state index is 14.0. The zero-order chi connectivity index (χ0) is 20.2. The van der Waals surface area contributed by atoms with E-state index in [9.17, 15) is 22.4 Å². The summed E-state index contributed by atoms with van der Waals surface area (Å²) in [5.41, 5.74) is 5.12. The molecule has 8 nitrogen and oxygen atoms in total. The van der Waals surface area contributed by atoms with Crippen molar-refractivity contribution in [3.63, 3.8) is 0 Å². The standard InChI is InChI=1S/C15H10F4N4O4/c16-8-5-7(2-4-11-22-10(6-26-11)15(17,18)19)1-3-9(8)27-13(23-21)12(20)14(24)25/h1,3,5-6,23H,20-21H2,(H,24,25)/b13-12+. The van der Waals surface area contributed by atoms with Gasteiger partial charge in [0.25, 0.3) is 5.89 Å². The zero-order valence-corrected chi connectivity index (χ0v) is 13.1. The van der Waals surface area contributed by atoms with E-state index >= 15 is 0 Å². The molecular formula is C15H10F4N4O4. The van der Waals surface area contributed by atoms with Crippen molar-refractivity contribution in [2.24, 2.45) is 11.6 Å². The van der Waals surface area contributed by atoms with Crippen molar-refractivity contribution >= 4 is 5.97 Å². The predicted octanol–water partition coefficient (Wildman–Crippen LogP) is 1.29. The Morgan fingerprint density at radius 1 is 1.33 bits per heavy atom. The van der Waals surface area contributed by atoms with Crippen LogP contribution in [-0.2, 0) is 11.0 Å². The summed E-state index contributed by atoms with van der Waals surface area (Å²) < 4.78 is 60.7. The molecule has 0 aliphatic rings. The number of carboxylic acids is 1. The monoisotopic (exact) mass is 386 g/mol. The number of carbonyl (C=O) groups is 1. The number of nitrogens with one attached hydrogen (secondary N) is 1. The molecule has 0 spiro atoms. The number of nitrogens with zero attached hydrogens (tertiary/aromatic N) is 1. The molecule has 0 unspecified atom stereocenters. The van der Waals surface area contributed by atoms with Crippen molar-refractivity contribution < 1.29 is 36.6 Å². The number of rotatable bonds is 4. The van der Waals surface area contributed by atoms with E-state index in [1.165, 1.54) is 6.07 Å². The molecule has 142 valence electrons. The van der Waals surface area contributed by atoms with Gasteiger partial charge in [0, 0.05) is 5.56 Å². The molecule has 0 radical (unpaired) electrons. The number of ether oxygens (including phenoxy) is 1. The van der Waals surface area contributed by atoms with Gasteiger partial charge in [0.1, 0.15) is 6.26 Å². The van der Waals surface area contributed by atoms with Gasteiger partial charge in [-0.1, -0.05) is 5.92 Å². The van der Waals surface area contributed by atoms with Crippen LogP contribution in [0.4, 0.5) is 17.6 Å². The summed E-state index contributed by atoms with van der Waals surface area (Å²) in [5.74, 6) is 5.60. The second-order valence-electron chi connectivity index (χ2n) is 4.73. The molecule has 0 saturated heterocycles. The van der Waals surface area contributed by atoms with Crippen LogP contribution in [0, 0.1) is 17.7 Å². The van der Waals surface area contributed by atoms with Crippen LogP contribution in [0.15, 0.2) is 40.5 Å². The third-order valence-electron chi connectivity index (χ3n) is 2.86. The average molecular weight is 386 g/mol. The van der Waals surface area contributed by atoms with Crippen LogP contribution >= 0.6 is 0 Å². The topological polar surface area (TPSA) is 137 Å². The van der Waals surface area contributed by atoms with Gasteiger partial charge >= 0.3 is 12.1 Å². The lowest BCUT2D eigenvalue weighted by molar-refractivity contribution is -0.141. The van der Waals surface area contributed by atoms with E-state index in [1.54, 1.807) is 0 Å². The molecule has 12 heteroatoms. The molecule has 27 heavy (non-hydrogen) atoms. The molecule has 1 aromatic carbocycles. The van der Waals surface area contributed by atoms with Gasteiger partial charge in [-0.05, 0) is 24.1 Å².